The minimum absolute atomic E-state index is 0.149. The minimum Gasteiger partial charge on any atom is -0.446 e. The van der Waals surface area contributed by atoms with E-state index in [1.165, 1.54) is 6.92 Å². The highest BCUT2D eigenvalue weighted by Crippen LogP contribution is 2.23. The fourth-order valence-corrected chi connectivity index (χ4v) is 2.75. The zero-order chi connectivity index (χ0) is 20.1. The SMILES string of the molecule is Cc1cccc(C(=O)N[C@@H](C)C(=O)O[C@@H](C(=O)NC2CC2)c2ccccc2)c1. The highest BCUT2D eigenvalue weighted by Gasteiger charge is 2.32. The molecule has 1 saturated carbocycles. The van der Waals surface area contributed by atoms with Crippen molar-refractivity contribution in [3.8, 4) is 0 Å². The molecule has 0 bridgehead atoms. The normalized spacial score (nSPS) is 15.2. The van der Waals surface area contributed by atoms with Crippen LogP contribution in [0.15, 0.2) is 54.6 Å². The standard InChI is InChI=1S/C22H24N2O4/c1-14-7-6-10-17(13-14)20(25)23-15(2)22(27)28-19(16-8-4-3-5-9-16)21(26)24-18-11-12-18/h3-10,13,15,18-19H,11-12H2,1-2H3,(H,23,25)(H,24,26)/t15-,19+/m0/s1. The highest BCUT2D eigenvalue weighted by atomic mass is 16.5. The second kappa shape index (κ2) is 8.69. The van der Waals surface area contributed by atoms with Gasteiger partial charge in [0.15, 0.2) is 0 Å². The fraction of sp³-hybridized carbons (Fsp3) is 0.318. The van der Waals surface area contributed by atoms with Gasteiger partial charge in [-0.2, -0.15) is 0 Å². The van der Waals surface area contributed by atoms with Crippen molar-refractivity contribution in [3.63, 3.8) is 0 Å². The Labute approximate surface area is 164 Å². The predicted octanol–water partition coefficient (Wildman–Crippen LogP) is 2.68. The fourth-order valence-electron chi connectivity index (χ4n) is 2.75. The van der Waals surface area contributed by atoms with Gasteiger partial charge >= 0.3 is 5.97 Å². The third-order valence-corrected chi connectivity index (χ3v) is 4.48. The molecular formula is C22H24N2O4. The van der Waals surface area contributed by atoms with E-state index < -0.39 is 18.1 Å². The second-order valence-electron chi connectivity index (χ2n) is 7.08. The number of esters is 1. The molecule has 0 saturated heterocycles. The lowest BCUT2D eigenvalue weighted by atomic mass is 10.1. The van der Waals surface area contributed by atoms with Crippen molar-refractivity contribution in [2.24, 2.45) is 0 Å². The van der Waals surface area contributed by atoms with Crippen molar-refractivity contribution in [2.45, 2.75) is 44.9 Å². The Balaban J connectivity index is 1.66. The first-order valence-corrected chi connectivity index (χ1v) is 9.37. The number of benzene rings is 2. The molecule has 3 rings (SSSR count). The van der Waals surface area contributed by atoms with Crippen LogP contribution in [0.4, 0.5) is 0 Å². The number of aryl methyl sites for hydroxylation is 1. The first kappa shape index (κ1) is 19.6. The van der Waals surface area contributed by atoms with E-state index >= 15 is 0 Å². The van der Waals surface area contributed by atoms with Crippen molar-refractivity contribution in [1.29, 1.82) is 0 Å². The van der Waals surface area contributed by atoms with E-state index in [9.17, 15) is 14.4 Å². The summed E-state index contributed by atoms with van der Waals surface area (Å²) in [5.41, 5.74) is 2.00. The molecule has 0 heterocycles. The van der Waals surface area contributed by atoms with E-state index in [-0.39, 0.29) is 17.9 Å². The van der Waals surface area contributed by atoms with Gasteiger partial charge in [0.25, 0.3) is 11.8 Å². The molecule has 1 aliphatic rings. The predicted molar refractivity (Wildman–Crippen MR) is 105 cm³/mol. The Bertz CT molecular complexity index is 862. The summed E-state index contributed by atoms with van der Waals surface area (Å²) in [6.07, 6.45) is 0.821. The molecule has 2 N–H and O–H groups in total. The molecule has 1 fully saturated rings. The van der Waals surface area contributed by atoms with Gasteiger partial charge in [-0.1, -0.05) is 48.0 Å². The van der Waals surface area contributed by atoms with E-state index in [1.807, 2.05) is 19.1 Å². The van der Waals surface area contributed by atoms with E-state index in [0.29, 0.717) is 11.1 Å². The van der Waals surface area contributed by atoms with Crippen molar-refractivity contribution in [3.05, 3.63) is 71.3 Å². The van der Waals surface area contributed by atoms with Crippen LogP contribution in [0.25, 0.3) is 0 Å². The minimum atomic E-state index is -1.05. The van der Waals surface area contributed by atoms with Gasteiger partial charge in [-0.3, -0.25) is 9.59 Å². The van der Waals surface area contributed by atoms with Crippen molar-refractivity contribution in [2.75, 3.05) is 0 Å². The van der Waals surface area contributed by atoms with E-state index in [4.69, 9.17) is 4.74 Å². The van der Waals surface area contributed by atoms with Gasteiger partial charge in [-0.25, -0.2) is 4.79 Å². The lowest BCUT2D eigenvalue weighted by Gasteiger charge is -2.21. The molecular weight excluding hydrogens is 356 g/mol. The molecule has 2 atom stereocenters. The Kier molecular flexibility index (Phi) is 6.09. The molecule has 0 spiro atoms. The first-order valence-electron chi connectivity index (χ1n) is 9.37. The number of carbonyl (C=O) groups is 3. The monoisotopic (exact) mass is 380 g/mol. The van der Waals surface area contributed by atoms with Gasteiger partial charge in [0.05, 0.1) is 0 Å². The average Bonchev–Trinajstić information content (AvgIpc) is 3.50. The summed E-state index contributed by atoms with van der Waals surface area (Å²) in [4.78, 5) is 37.5. The van der Waals surface area contributed by atoms with Gasteiger partial charge in [-0.15, -0.1) is 0 Å². The number of ether oxygens (including phenoxy) is 1. The summed E-state index contributed by atoms with van der Waals surface area (Å²) >= 11 is 0. The lowest BCUT2D eigenvalue weighted by Crippen LogP contribution is -2.42. The van der Waals surface area contributed by atoms with E-state index in [1.54, 1.807) is 42.5 Å². The summed E-state index contributed by atoms with van der Waals surface area (Å²) in [5, 5.41) is 5.49. The quantitative estimate of drug-likeness (QED) is 0.724. The van der Waals surface area contributed by atoms with Crippen molar-refractivity contribution < 1.29 is 19.1 Å². The van der Waals surface area contributed by atoms with Crippen LogP contribution in [-0.4, -0.2) is 29.9 Å². The van der Waals surface area contributed by atoms with Crippen LogP contribution in [0.1, 0.15) is 47.4 Å². The maximum Gasteiger partial charge on any atom is 0.329 e. The third kappa shape index (κ3) is 5.19. The Morgan fingerprint density at radius 2 is 1.75 bits per heavy atom. The molecule has 28 heavy (non-hydrogen) atoms. The summed E-state index contributed by atoms with van der Waals surface area (Å²) in [7, 11) is 0. The lowest BCUT2D eigenvalue weighted by molar-refractivity contribution is -0.158. The summed E-state index contributed by atoms with van der Waals surface area (Å²) in [5.74, 6) is -1.38. The third-order valence-electron chi connectivity index (χ3n) is 4.48. The number of amides is 2. The van der Waals surface area contributed by atoms with Crippen molar-refractivity contribution in [1.82, 2.24) is 10.6 Å². The molecule has 6 nitrogen and oxygen atoms in total. The molecule has 2 amide bonds. The number of hydrogen-bond donors (Lipinski definition) is 2. The van der Waals surface area contributed by atoms with Gasteiger partial charge in [-0.05, 0) is 38.8 Å². The molecule has 146 valence electrons. The number of hydrogen-bond acceptors (Lipinski definition) is 4. The average molecular weight is 380 g/mol. The summed E-state index contributed by atoms with van der Waals surface area (Å²) in [6.45, 7) is 3.42. The van der Waals surface area contributed by atoms with Gasteiger partial charge in [0.1, 0.15) is 6.04 Å². The van der Waals surface area contributed by atoms with E-state index in [2.05, 4.69) is 10.6 Å². The summed E-state index contributed by atoms with van der Waals surface area (Å²) < 4.78 is 5.48. The zero-order valence-corrected chi connectivity index (χ0v) is 16.0. The smallest absolute Gasteiger partial charge is 0.329 e. The largest absolute Gasteiger partial charge is 0.446 e. The Hall–Kier alpha value is -3.15. The Morgan fingerprint density at radius 1 is 1.04 bits per heavy atom. The molecule has 2 aromatic rings. The molecule has 0 aromatic heterocycles. The molecule has 0 unspecified atom stereocenters. The van der Waals surface area contributed by atoms with Crippen LogP contribution in [0, 0.1) is 6.92 Å². The topological polar surface area (TPSA) is 84.5 Å². The maximum atomic E-state index is 12.6. The van der Waals surface area contributed by atoms with Gasteiger partial charge < -0.3 is 15.4 Å². The van der Waals surface area contributed by atoms with Gasteiger partial charge in [0.2, 0.25) is 6.10 Å². The zero-order valence-electron chi connectivity index (χ0n) is 16.0. The van der Waals surface area contributed by atoms with Crippen LogP contribution in [0.5, 0.6) is 0 Å². The Morgan fingerprint density at radius 3 is 2.39 bits per heavy atom. The summed E-state index contributed by atoms with van der Waals surface area (Å²) in [6, 6.07) is 15.2. The molecule has 2 aromatic carbocycles. The van der Waals surface area contributed by atoms with E-state index in [0.717, 1.165) is 18.4 Å². The van der Waals surface area contributed by atoms with Crippen LogP contribution in [-0.2, 0) is 14.3 Å². The maximum absolute atomic E-state index is 12.6. The van der Waals surface area contributed by atoms with Crippen LogP contribution >= 0.6 is 0 Å². The number of rotatable bonds is 7. The molecule has 0 radical (unpaired) electrons. The highest BCUT2D eigenvalue weighted by molar-refractivity contribution is 5.97. The first-order chi connectivity index (χ1) is 13.4. The van der Waals surface area contributed by atoms with Crippen molar-refractivity contribution >= 4 is 17.8 Å². The van der Waals surface area contributed by atoms with Gasteiger partial charge in [0, 0.05) is 17.2 Å². The van der Waals surface area contributed by atoms with Crippen LogP contribution < -0.4 is 10.6 Å². The number of nitrogens with one attached hydrogen (secondary N) is 2. The molecule has 0 aliphatic heterocycles. The number of carbonyl (C=O) groups excluding carboxylic acids is 3. The van der Waals surface area contributed by atoms with Crippen LogP contribution in [0.3, 0.4) is 0 Å². The molecule has 1 aliphatic carbocycles. The molecule has 6 heteroatoms. The second-order valence-corrected chi connectivity index (χ2v) is 7.08. The van der Waals surface area contributed by atoms with Crippen LogP contribution in [0.2, 0.25) is 0 Å².